The molecule has 52 heavy (non-hydrogen) atoms. The molecule has 0 amide bonds. The van der Waals surface area contributed by atoms with Crippen LogP contribution in [0.2, 0.25) is 0 Å². The lowest BCUT2D eigenvalue weighted by atomic mass is 9.96. The highest BCUT2D eigenvalue weighted by Crippen LogP contribution is 2.23. The lowest BCUT2D eigenvalue weighted by Crippen LogP contribution is -2.11. The Morgan fingerprint density at radius 3 is 0.731 bits per heavy atom. The van der Waals surface area contributed by atoms with Crippen LogP contribution in [-0.2, 0) is 25.7 Å². The smallest absolute Gasteiger partial charge is 0.128 e. The molecule has 0 radical (unpaired) electrons. The van der Waals surface area contributed by atoms with E-state index in [0.29, 0.717) is 0 Å². The maximum Gasteiger partial charge on any atom is 0.128 e. The van der Waals surface area contributed by atoms with Crippen LogP contribution >= 0.6 is 0 Å². The third-order valence-electron chi connectivity index (χ3n) is 11.8. The molecule has 0 bridgehead atoms. The third-order valence-corrected chi connectivity index (χ3v) is 11.8. The Bertz CT molecular complexity index is 798. The second-order valence-corrected chi connectivity index (χ2v) is 17.0. The zero-order valence-corrected chi connectivity index (χ0v) is 36.6. The fourth-order valence-electron chi connectivity index (χ4n) is 8.20. The van der Waals surface area contributed by atoms with Gasteiger partial charge in [0.05, 0.1) is 0 Å². The summed E-state index contributed by atoms with van der Waals surface area (Å²) >= 11 is 0. The highest BCUT2D eigenvalue weighted by molar-refractivity contribution is 5.27. The Morgan fingerprint density at radius 2 is 0.462 bits per heavy atom. The Morgan fingerprint density at radius 1 is 0.231 bits per heavy atom. The summed E-state index contributed by atoms with van der Waals surface area (Å²) in [7, 11) is 0. The van der Waals surface area contributed by atoms with E-state index in [4.69, 9.17) is 9.97 Å². The van der Waals surface area contributed by atoms with Gasteiger partial charge in [-0.25, -0.2) is 9.97 Å². The summed E-state index contributed by atoms with van der Waals surface area (Å²) in [5.41, 5.74) is 4.48. The summed E-state index contributed by atoms with van der Waals surface area (Å²) < 4.78 is 0. The molecular formula is C50H96N2. The minimum atomic E-state index is 1.06. The van der Waals surface area contributed by atoms with Crippen molar-refractivity contribution in [2.75, 3.05) is 0 Å². The van der Waals surface area contributed by atoms with Gasteiger partial charge in [0.1, 0.15) is 5.82 Å². The molecule has 0 N–H and O–H groups in total. The van der Waals surface area contributed by atoms with Crippen molar-refractivity contribution in [1.82, 2.24) is 9.97 Å². The van der Waals surface area contributed by atoms with Gasteiger partial charge >= 0.3 is 0 Å². The predicted molar refractivity (Wildman–Crippen MR) is 235 cm³/mol. The molecule has 0 aliphatic heterocycles. The minimum Gasteiger partial charge on any atom is -0.238 e. The van der Waals surface area contributed by atoms with Crippen LogP contribution < -0.4 is 0 Å². The van der Waals surface area contributed by atoms with Crippen LogP contribution in [0.15, 0.2) is 0 Å². The van der Waals surface area contributed by atoms with Gasteiger partial charge in [-0.3, -0.25) is 0 Å². The lowest BCUT2D eigenvalue weighted by molar-refractivity contribution is 0.537. The van der Waals surface area contributed by atoms with Gasteiger partial charge < -0.3 is 0 Å². The van der Waals surface area contributed by atoms with Crippen molar-refractivity contribution in [3.8, 4) is 0 Å². The molecule has 0 unspecified atom stereocenters. The van der Waals surface area contributed by atoms with Crippen molar-refractivity contribution < 1.29 is 0 Å². The summed E-state index contributed by atoms with van der Waals surface area (Å²) in [5.74, 6) is 1.16. The van der Waals surface area contributed by atoms with Crippen LogP contribution in [0.3, 0.4) is 0 Å². The number of nitrogens with zero attached hydrogens (tertiary/aromatic N) is 2. The predicted octanol–water partition coefficient (Wildman–Crippen LogP) is 17.5. The van der Waals surface area contributed by atoms with Gasteiger partial charge in [0, 0.05) is 17.8 Å². The molecule has 2 heteroatoms. The topological polar surface area (TPSA) is 25.8 Å². The normalized spacial score (nSPS) is 11.6. The molecule has 1 aromatic rings. The average molecular weight is 725 g/mol. The number of aryl methyl sites for hydroxylation is 3. The molecule has 306 valence electrons. The van der Waals surface area contributed by atoms with E-state index in [1.165, 1.54) is 275 Å². The van der Waals surface area contributed by atoms with Crippen molar-refractivity contribution >= 4 is 0 Å². The molecule has 1 aromatic heterocycles. The van der Waals surface area contributed by atoms with Gasteiger partial charge in [-0.15, -0.1) is 0 Å². The maximum atomic E-state index is 5.33. The molecule has 0 aromatic carbocycles. The molecule has 0 aliphatic carbocycles. The van der Waals surface area contributed by atoms with E-state index in [2.05, 4.69) is 27.7 Å². The molecule has 0 saturated carbocycles. The van der Waals surface area contributed by atoms with Crippen molar-refractivity contribution in [1.29, 1.82) is 0 Å². The van der Waals surface area contributed by atoms with Gasteiger partial charge in [-0.05, 0) is 50.5 Å². The molecule has 0 aliphatic rings. The summed E-state index contributed by atoms with van der Waals surface area (Å²) in [5, 5.41) is 0. The van der Waals surface area contributed by atoms with Crippen LogP contribution in [-0.4, -0.2) is 9.97 Å². The van der Waals surface area contributed by atoms with Crippen molar-refractivity contribution in [3.63, 3.8) is 0 Å². The number of aromatic nitrogens is 2. The summed E-state index contributed by atoms with van der Waals surface area (Å²) in [6.07, 6.45) is 58.1. The minimum absolute atomic E-state index is 1.06. The zero-order valence-electron chi connectivity index (χ0n) is 36.6. The second kappa shape index (κ2) is 39.8. The highest BCUT2D eigenvalue weighted by atomic mass is 14.9. The first-order valence-electron chi connectivity index (χ1n) is 24.6. The van der Waals surface area contributed by atoms with Gasteiger partial charge in [-0.1, -0.05) is 246 Å². The summed E-state index contributed by atoms with van der Waals surface area (Å²) in [6, 6.07) is 0. The zero-order chi connectivity index (χ0) is 37.4. The number of unbranched alkanes of at least 4 members (excludes halogenated alkanes) is 34. The molecule has 1 rings (SSSR count). The van der Waals surface area contributed by atoms with Crippen LogP contribution in [0.4, 0.5) is 0 Å². The van der Waals surface area contributed by atoms with E-state index < -0.39 is 0 Å². The SMILES string of the molecule is CCCCCCCCCCCCCCc1nc(CCCC)nc(CCCCCCCCCCCCCC)c1CCCCCCCCCCCCCC. The maximum absolute atomic E-state index is 5.33. The Balaban J connectivity index is 2.61. The molecular weight excluding hydrogens is 629 g/mol. The van der Waals surface area contributed by atoms with Crippen LogP contribution in [0.5, 0.6) is 0 Å². The monoisotopic (exact) mass is 725 g/mol. The lowest BCUT2D eigenvalue weighted by Gasteiger charge is -2.16. The standard InChI is InChI=1S/C50H96N2/c1-5-9-13-16-19-22-25-28-31-34-37-40-43-47-48(44-41-38-35-32-29-26-23-20-17-14-10-6-2)51-50(46-12-8-4)52-49(47)45-42-39-36-33-30-27-24-21-18-15-11-7-3/h5-46H2,1-4H3. The largest absolute Gasteiger partial charge is 0.238 e. The summed E-state index contributed by atoms with van der Waals surface area (Å²) in [4.78, 5) is 10.7. The number of rotatable bonds is 42. The Labute approximate surface area is 329 Å². The summed E-state index contributed by atoms with van der Waals surface area (Å²) in [6.45, 7) is 9.26. The van der Waals surface area contributed by atoms with E-state index in [-0.39, 0.29) is 0 Å². The Hall–Kier alpha value is -0.920. The van der Waals surface area contributed by atoms with Crippen LogP contribution in [0.25, 0.3) is 0 Å². The molecule has 0 saturated heterocycles. The van der Waals surface area contributed by atoms with E-state index in [1.54, 1.807) is 5.56 Å². The second-order valence-electron chi connectivity index (χ2n) is 17.0. The molecule has 0 spiro atoms. The van der Waals surface area contributed by atoms with Crippen molar-refractivity contribution in [2.45, 2.75) is 297 Å². The molecule has 2 nitrogen and oxygen atoms in total. The average Bonchev–Trinajstić information content (AvgIpc) is 3.15. The first kappa shape index (κ1) is 49.1. The molecule has 1 heterocycles. The van der Waals surface area contributed by atoms with E-state index in [1.807, 2.05) is 0 Å². The van der Waals surface area contributed by atoms with Gasteiger partial charge in [0.15, 0.2) is 0 Å². The van der Waals surface area contributed by atoms with Gasteiger partial charge in [-0.2, -0.15) is 0 Å². The van der Waals surface area contributed by atoms with E-state index in [0.717, 1.165) is 12.2 Å². The van der Waals surface area contributed by atoms with Crippen molar-refractivity contribution in [3.05, 3.63) is 22.8 Å². The first-order valence-corrected chi connectivity index (χ1v) is 24.6. The Kier molecular flexibility index (Phi) is 37.5. The van der Waals surface area contributed by atoms with E-state index >= 15 is 0 Å². The van der Waals surface area contributed by atoms with Gasteiger partial charge in [0.2, 0.25) is 0 Å². The third kappa shape index (κ3) is 30.4. The van der Waals surface area contributed by atoms with Crippen LogP contribution in [0.1, 0.15) is 294 Å². The van der Waals surface area contributed by atoms with Crippen molar-refractivity contribution in [2.24, 2.45) is 0 Å². The molecule has 0 atom stereocenters. The number of hydrogen-bond acceptors (Lipinski definition) is 2. The highest BCUT2D eigenvalue weighted by Gasteiger charge is 2.15. The van der Waals surface area contributed by atoms with E-state index in [9.17, 15) is 0 Å². The quantitative estimate of drug-likeness (QED) is 0.0627. The van der Waals surface area contributed by atoms with Crippen LogP contribution in [0, 0.1) is 0 Å². The number of hydrogen-bond donors (Lipinski definition) is 0. The molecule has 0 fully saturated rings. The fraction of sp³-hybridized carbons (Fsp3) is 0.920. The first-order chi connectivity index (χ1) is 25.8. The fourth-order valence-corrected chi connectivity index (χ4v) is 8.20. The van der Waals surface area contributed by atoms with Gasteiger partial charge in [0.25, 0.3) is 0 Å².